The first-order valence-corrected chi connectivity index (χ1v) is 6.47. The smallest absolute Gasteiger partial charge is 0.0782 e. The summed E-state index contributed by atoms with van der Waals surface area (Å²) in [5.41, 5.74) is 2.07. The summed E-state index contributed by atoms with van der Waals surface area (Å²) >= 11 is 3.48. The van der Waals surface area contributed by atoms with E-state index in [1.165, 1.54) is 0 Å². The van der Waals surface area contributed by atoms with Crippen LogP contribution in [0.4, 0.5) is 5.69 Å². The van der Waals surface area contributed by atoms with E-state index in [0.717, 1.165) is 22.1 Å². The lowest BCUT2D eigenvalue weighted by atomic mass is 10.1. The fraction of sp³-hybridized carbons (Fsp3) is 0.538. The van der Waals surface area contributed by atoms with Crippen LogP contribution in [0.3, 0.4) is 0 Å². The van der Waals surface area contributed by atoms with Crippen molar-refractivity contribution in [3.8, 4) is 0 Å². The first kappa shape index (κ1) is 13.5. The van der Waals surface area contributed by atoms with Gasteiger partial charge in [-0.15, -0.1) is 0 Å². The third kappa shape index (κ3) is 2.98. The summed E-state index contributed by atoms with van der Waals surface area (Å²) in [6.45, 7) is 6.16. The van der Waals surface area contributed by atoms with E-state index in [2.05, 4.69) is 47.8 Å². The monoisotopic (exact) mass is 285 g/mol. The van der Waals surface area contributed by atoms with Crippen LogP contribution < -0.4 is 4.90 Å². The first-order valence-electron chi connectivity index (χ1n) is 5.67. The van der Waals surface area contributed by atoms with Gasteiger partial charge in [0.2, 0.25) is 0 Å². The molecule has 0 fully saturated rings. The third-order valence-electron chi connectivity index (χ3n) is 3.07. The molecule has 0 bridgehead atoms. The summed E-state index contributed by atoms with van der Waals surface area (Å²) < 4.78 is 1.04. The molecular formula is C13H20BrNO. The maximum Gasteiger partial charge on any atom is 0.0782 e. The number of aliphatic hydroxyl groups is 1. The number of rotatable bonds is 4. The van der Waals surface area contributed by atoms with E-state index in [0.29, 0.717) is 6.04 Å². The van der Waals surface area contributed by atoms with Crippen molar-refractivity contribution < 1.29 is 5.11 Å². The van der Waals surface area contributed by atoms with E-state index in [1.807, 2.05) is 12.1 Å². The van der Waals surface area contributed by atoms with Crippen molar-refractivity contribution in [2.75, 3.05) is 11.9 Å². The maximum atomic E-state index is 9.76. The van der Waals surface area contributed by atoms with Crippen LogP contribution in [0.1, 0.15) is 38.9 Å². The summed E-state index contributed by atoms with van der Waals surface area (Å²) in [6.07, 6.45) is 0.650. The second-order valence-electron chi connectivity index (χ2n) is 4.25. The molecule has 1 aromatic rings. The van der Waals surface area contributed by atoms with Gasteiger partial charge in [-0.1, -0.05) is 28.9 Å². The van der Waals surface area contributed by atoms with Crippen LogP contribution in [-0.2, 0) is 0 Å². The first-order chi connectivity index (χ1) is 7.47. The highest BCUT2D eigenvalue weighted by molar-refractivity contribution is 9.10. The van der Waals surface area contributed by atoms with E-state index in [-0.39, 0.29) is 0 Å². The van der Waals surface area contributed by atoms with Gasteiger partial charge in [0, 0.05) is 28.8 Å². The lowest BCUT2D eigenvalue weighted by Crippen LogP contribution is -2.29. The summed E-state index contributed by atoms with van der Waals surface area (Å²) in [5, 5.41) is 9.76. The molecule has 2 nitrogen and oxygen atoms in total. The van der Waals surface area contributed by atoms with Gasteiger partial charge in [-0.25, -0.2) is 0 Å². The molecule has 0 saturated heterocycles. The highest BCUT2D eigenvalue weighted by atomic mass is 79.9. The second kappa shape index (κ2) is 5.69. The molecule has 0 aromatic heterocycles. The molecular weight excluding hydrogens is 266 g/mol. The van der Waals surface area contributed by atoms with Gasteiger partial charge in [0.25, 0.3) is 0 Å². The fourth-order valence-corrected chi connectivity index (χ4v) is 2.04. The number of hydrogen-bond donors (Lipinski definition) is 1. The molecule has 0 aliphatic rings. The standard InChI is InChI=1S/C13H20BrNO/c1-5-9(2)15(4)13-8-11(14)6-7-12(13)10(3)16/h6-10,16H,5H2,1-4H3. The quantitative estimate of drug-likeness (QED) is 0.911. The number of halogens is 1. The van der Waals surface area contributed by atoms with Crippen molar-refractivity contribution in [1.82, 2.24) is 0 Å². The molecule has 3 heteroatoms. The number of hydrogen-bond acceptors (Lipinski definition) is 2. The molecule has 0 aliphatic carbocycles. The predicted octanol–water partition coefficient (Wildman–Crippen LogP) is 3.74. The molecule has 90 valence electrons. The normalized spacial score (nSPS) is 14.6. The topological polar surface area (TPSA) is 23.5 Å². The third-order valence-corrected chi connectivity index (χ3v) is 3.57. The van der Waals surface area contributed by atoms with Gasteiger partial charge in [-0.2, -0.15) is 0 Å². The minimum Gasteiger partial charge on any atom is -0.389 e. The van der Waals surface area contributed by atoms with Crippen LogP contribution in [0.25, 0.3) is 0 Å². The van der Waals surface area contributed by atoms with Gasteiger partial charge in [-0.05, 0) is 32.4 Å². The van der Waals surface area contributed by atoms with E-state index < -0.39 is 6.10 Å². The van der Waals surface area contributed by atoms with E-state index in [4.69, 9.17) is 0 Å². The van der Waals surface area contributed by atoms with Crippen LogP contribution in [-0.4, -0.2) is 18.2 Å². The molecule has 1 aromatic carbocycles. The van der Waals surface area contributed by atoms with Gasteiger partial charge in [0.1, 0.15) is 0 Å². The van der Waals surface area contributed by atoms with Gasteiger partial charge >= 0.3 is 0 Å². The maximum absolute atomic E-state index is 9.76. The predicted molar refractivity (Wildman–Crippen MR) is 72.9 cm³/mol. The Balaban J connectivity index is 3.13. The van der Waals surface area contributed by atoms with Crippen molar-refractivity contribution in [3.63, 3.8) is 0 Å². The SMILES string of the molecule is CCC(C)N(C)c1cc(Br)ccc1C(C)O. The molecule has 2 unspecified atom stereocenters. The molecule has 0 spiro atoms. The van der Waals surface area contributed by atoms with E-state index in [1.54, 1.807) is 6.92 Å². The van der Waals surface area contributed by atoms with Crippen molar-refractivity contribution in [2.24, 2.45) is 0 Å². The minimum atomic E-state index is -0.436. The molecule has 0 aliphatic heterocycles. The highest BCUT2D eigenvalue weighted by Gasteiger charge is 2.15. The van der Waals surface area contributed by atoms with Crippen LogP contribution in [0, 0.1) is 0 Å². The van der Waals surface area contributed by atoms with E-state index >= 15 is 0 Å². The Labute approximate surface area is 106 Å². The van der Waals surface area contributed by atoms with Crippen LogP contribution in [0.15, 0.2) is 22.7 Å². The van der Waals surface area contributed by atoms with Crippen LogP contribution in [0.5, 0.6) is 0 Å². The fourth-order valence-electron chi connectivity index (χ4n) is 1.69. The molecule has 0 radical (unpaired) electrons. The molecule has 1 rings (SSSR count). The Morgan fingerprint density at radius 1 is 1.38 bits per heavy atom. The molecule has 2 atom stereocenters. The Morgan fingerprint density at radius 2 is 2.00 bits per heavy atom. The van der Waals surface area contributed by atoms with Crippen molar-refractivity contribution in [1.29, 1.82) is 0 Å². The zero-order valence-electron chi connectivity index (χ0n) is 10.4. The Kier molecular flexibility index (Phi) is 4.81. The zero-order valence-corrected chi connectivity index (χ0v) is 12.0. The minimum absolute atomic E-state index is 0.436. The summed E-state index contributed by atoms with van der Waals surface area (Å²) in [6, 6.07) is 6.47. The second-order valence-corrected chi connectivity index (χ2v) is 5.16. The zero-order chi connectivity index (χ0) is 12.3. The summed E-state index contributed by atoms with van der Waals surface area (Å²) in [7, 11) is 2.07. The highest BCUT2D eigenvalue weighted by Crippen LogP contribution is 2.30. The van der Waals surface area contributed by atoms with Crippen molar-refractivity contribution in [2.45, 2.75) is 39.3 Å². The Morgan fingerprint density at radius 3 is 2.50 bits per heavy atom. The number of aliphatic hydroxyl groups excluding tert-OH is 1. The summed E-state index contributed by atoms with van der Waals surface area (Å²) in [4.78, 5) is 2.22. The van der Waals surface area contributed by atoms with Crippen LogP contribution >= 0.6 is 15.9 Å². The molecule has 0 amide bonds. The van der Waals surface area contributed by atoms with Gasteiger partial charge in [-0.3, -0.25) is 0 Å². The molecule has 16 heavy (non-hydrogen) atoms. The average Bonchev–Trinajstić information content (AvgIpc) is 2.26. The number of nitrogens with zero attached hydrogens (tertiary/aromatic N) is 1. The molecule has 0 heterocycles. The van der Waals surface area contributed by atoms with E-state index in [9.17, 15) is 5.11 Å². The average molecular weight is 286 g/mol. The van der Waals surface area contributed by atoms with Crippen molar-refractivity contribution >= 4 is 21.6 Å². The largest absolute Gasteiger partial charge is 0.389 e. The van der Waals surface area contributed by atoms with Crippen LogP contribution in [0.2, 0.25) is 0 Å². The lowest BCUT2D eigenvalue weighted by Gasteiger charge is -2.29. The summed E-state index contributed by atoms with van der Waals surface area (Å²) in [5.74, 6) is 0. The Hall–Kier alpha value is -0.540. The van der Waals surface area contributed by atoms with Gasteiger partial charge in [0.15, 0.2) is 0 Å². The van der Waals surface area contributed by atoms with Gasteiger partial charge in [0.05, 0.1) is 6.10 Å². The number of anilines is 1. The lowest BCUT2D eigenvalue weighted by molar-refractivity contribution is 0.199. The van der Waals surface area contributed by atoms with Gasteiger partial charge < -0.3 is 10.0 Å². The van der Waals surface area contributed by atoms with Crippen molar-refractivity contribution in [3.05, 3.63) is 28.2 Å². The molecule has 1 N–H and O–H groups in total. The molecule has 0 saturated carbocycles. The number of benzene rings is 1. The Bertz CT molecular complexity index is 352.